The molecule has 1 aromatic carbocycles. The zero-order valence-electron chi connectivity index (χ0n) is 20.7. The van der Waals surface area contributed by atoms with E-state index in [2.05, 4.69) is 20.0 Å². The summed E-state index contributed by atoms with van der Waals surface area (Å²) >= 11 is 0. The number of anilines is 1. The Bertz CT molecular complexity index is 1330. The molecule has 1 aliphatic heterocycles. The molecule has 0 bridgehead atoms. The first-order chi connectivity index (χ1) is 18.0. The summed E-state index contributed by atoms with van der Waals surface area (Å²) in [5.74, 6) is -0.717. The Labute approximate surface area is 216 Å². The van der Waals surface area contributed by atoms with Crippen LogP contribution in [-0.2, 0) is 23.4 Å². The zero-order chi connectivity index (χ0) is 27.6. The number of para-hydroxylation sites is 1. The minimum atomic E-state index is -4.25. The number of rotatable bonds is 10. The number of fused-ring (bicyclic) bond motifs is 1. The number of carbonyl (C=O) groups excluding carboxylic acids is 1. The van der Waals surface area contributed by atoms with Crippen LogP contribution >= 0.6 is 7.75 Å². The first-order valence-electron chi connectivity index (χ1n) is 11.6. The van der Waals surface area contributed by atoms with Crippen molar-refractivity contribution in [2.75, 3.05) is 12.3 Å². The van der Waals surface area contributed by atoms with Crippen molar-refractivity contribution in [1.82, 2.24) is 24.6 Å². The van der Waals surface area contributed by atoms with Crippen molar-refractivity contribution < 1.29 is 42.5 Å². The van der Waals surface area contributed by atoms with E-state index in [1.165, 1.54) is 30.0 Å². The average molecular weight is 554 g/mol. The van der Waals surface area contributed by atoms with E-state index in [-0.39, 0.29) is 22.7 Å². The summed E-state index contributed by atoms with van der Waals surface area (Å²) in [6.07, 6.45) is -5.84. The fourth-order valence-corrected chi connectivity index (χ4v) is 5.20. The Morgan fingerprint density at radius 2 is 1.95 bits per heavy atom. The van der Waals surface area contributed by atoms with Gasteiger partial charge < -0.3 is 29.9 Å². The number of nitrogens with zero attached hydrogens (tertiary/aromatic N) is 4. The molecule has 16 heteroatoms. The quantitative estimate of drug-likeness (QED) is 0.159. The molecule has 1 saturated heterocycles. The summed E-state index contributed by atoms with van der Waals surface area (Å²) in [6, 6.07) is 7.00. The highest BCUT2D eigenvalue weighted by Crippen LogP contribution is 2.46. The molecule has 3 heterocycles. The third kappa shape index (κ3) is 6.09. The van der Waals surface area contributed by atoms with Gasteiger partial charge in [0.15, 0.2) is 23.2 Å². The Hall–Kier alpha value is -3.20. The molecule has 4 rings (SSSR count). The average Bonchev–Trinajstić information content (AvgIpc) is 3.39. The van der Waals surface area contributed by atoms with Crippen LogP contribution in [0.4, 0.5) is 10.2 Å². The highest BCUT2D eigenvalue weighted by atomic mass is 31.2. The van der Waals surface area contributed by atoms with Crippen LogP contribution in [0.2, 0.25) is 0 Å². The van der Waals surface area contributed by atoms with Gasteiger partial charge in [0, 0.05) is 0 Å². The Morgan fingerprint density at radius 3 is 2.63 bits per heavy atom. The third-order valence-electron chi connectivity index (χ3n) is 5.47. The molecule has 0 saturated carbocycles. The number of benzene rings is 1. The topological polar surface area (TPSA) is 193 Å². The fourth-order valence-electron chi connectivity index (χ4n) is 3.70. The number of nitrogen functional groups attached to an aromatic ring is 1. The van der Waals surface area contributed by atoms with E-state index in [0.29, 0.717) is 0 Å². The second-order valence-corrected chi connectivity index (χ2v) is 10.5. The van der Waals surface area contributed by atoms with E-state index < -0.39 is 63.1 Å². The Balaban J connectivity index is 1.51. The lowest BCUT2D eigenvalue weighted by atomic mass is 10.1. The van der Waals surface area contributed by atoms with Crippen molar-refractivity contribution in [1.29, 1.82) is 0 Å². The van der Waals surface area contributed by atoms with Crippen LogP contribution in [0, 0.1) is 6.08 Å². The largest absolute Gasteiger partial charge is 0.462 e. The molecule has 3 aromatic rings. The first-order valence-corrected chi connectivity index (χ1v) is 13.2. The lowest BCUT2D eigenvalue weighted by molar-refractivity contribution is -0.149. The number of aromatic nitrogens is 4. The SMILES string of the molecule is CC(C)OC(=O)[C@H](C)NP(=O)(OC[C@H]1O[C@@H](n2cnc3c(N)nc(F)nc32)[C@@H](O)[C@@H]1O)Oc1ccccc1. The number of carbonyl (C=O) groups is 1. The second-order valence-electron chi connectivity index (χ2n) is 8.78. The van der Waals surface area contributed by atoms with Crippen LogP contribution in [0.1, 0.15) is 27.0 Å². The number of aliphatic hydroxyl groups excluding tert-OH is 2. The van der Waals surface area contributed by atoms with Crippen LogP contribution in [0.15, 0.2) is 36.7 Å². The van der Waals surface area contributed by atoms with E-state index >= 15 is 0 Å². The van der Waals surface area contributed by atoms with Crippen molar-refractivity contribution in [2.45, 2.75) is 57.5 Å². The zero-order valence-corrected chi connectivity index (χ0v) is 21.6. The van der Waals surface area contributed by atoms with Crippen molar-refractivity contribution in [3.05, 3.63) is 42.7 Å². The van der Waals surface area contributed by atoms with E-state index in [0.717, 1.165) is 0 Å². The number of halogens is 1. The van der Waals surface area contributed by atoms with Gasteiger partial charge in [0.1, 0.15) is 30.1 Å². The summed E-state index contributed by atoms with van der Waals surface area (Å²) in [7, 11) is -4.25. The molecule has 0 spiro atoms. The Morgan fingerprint density at radius 1 is 1.24 bits per heavy atom. The van der Waals surface area contributed by atoms with E-state index in [1.807, 2.05) is 0 Å². The molecular weight excluding hydrogens is 526 g/mol. The predicted octanol–water partition coefficient (Wildman–Crippen LogP) is 1.30. The van der Waals surface area contributed by atoms with Crippen molar-refractivity contribution >= 4 is 30.7 Å². The molecular formula is C22H28FN6O8P. The van der Waals surface area contributed by atoms with Crippen molar-refractivity contribution in [3.63, 3.8) is 0 Å². The molecule has 0 aliphatic carbocycles. The smallest absolute Gasteiger partial charge is 0.459 e. The minimum Gasteiger partial charge on any atom is -0.462 e. The van der Waals surface area contributed by atoms with Gasteiger partial charge in [0.25, 0.3) is 0 Å². The lowest BCUT2D eigenvalue weighted by Gasteiger charge is -2.25. The van der Waals surface area contributed by atoms with Gasteiger partial charge in [-0.1, -0.05) is 18.2 Å². The molecule has 1 aliphatic rings. The van der Waals surface area contributed by atoms with Crippen LogP contribution in [0.3, 0.4) is 0 Å². The number of imidazole rings is 1. The monoisotopic (exact) mass is 554 g/mol. The van der Waals surface area contributed by atoms with Gasteiger partial charge in [0.05, 0.1) is 19.0 Å². The maximum absolute atomic E-state index is 13.8. The molecule has 0 amide bonds. The number of nitrogens with two attached hydrogens (primary N) is 1. The first kappa shape index (κ1) is 27.8. The molecule has 38 heavy (non-hydrogen) atoms. The molecule has 1 fully saturated rings. The highest BCUT2D eigenvalue weighted by Gasteiger charge is 2.46. The second kappa shape index (κ2) is 11.3. The number of esters is 1. The van der Waals surface area contributed by atoms with E-state index in [1.54, 1.807) is 32.0 Å². The minimum absolute atomic E-state index is 0.0648. The number of aliphatic hydroxyl groups is 2. The maximum Gasteiger partial charge on any atom is 0.459 e. The standard InChI is InChI=1S/C22H28FN6O8P/c1-11(2)35-21(32)12(3)28-38(33,37-13-7-5-4-6-8-13)34-9-14-16(30)17(31)20(36-14)29-10-25-15-18(24)26-22(23)27-19(15)29/h4-8,10-12,14,16-17,20,30-31H,9H2,1-3H3,(H,28,33)(H2,24,26,27)/t12-,14+,16+,17-,20+,38?/m0/s1. The van der Waals surface area contributed by atoms with Gasteiger partial charge in [0.2, 0.25) is 0 Å². The van der Waals surface area contributed by atoms with Crippen LogP contribution in [-0.4, -0.2) is 72.8 Å². The molecule has 5 N–H and O–H groups in total. The molecule has 206 valence electrons. The normalized spacial score (nSPS) is 23.9. The lowest BCUT2D eigenvalue weighted by Crippen LogP contribution is -2.38. The van der Waals surface area contributed by atoms with E-state index in [9.17, 15) is 24.0 Å². The van der Waals surface area contributed by atoms with Gasteiger partial charge in [-0.05, 0) is 32.9 Å². The summed E-state index contributed by atoms with van der Waals surface area (Å²) in [5, 5.41) is 23.8. The molecule has 1 unspecified atom stereocenters. The molecule has 14 nitrogen and oxygen atoms in total. The van der Waals surface area contributed by atoms with E-state index in [4.69, 9.17) is 24.3 Å². The van der Waals surface area contributed by atoms with Gasteiger partial charge in [-0.2, -0.15) is 19.4 Å². The number of hydrogen-bond acceptors (Lipinski definition) is 12. The molecule has 0 radical (unpaired) electrons. The van der Waals surface area contributed by atoms with Gasteiger partial charge in [-0.25, -0.2) is 9.55 Å². The molecule has 2 aromatic heterocycles. The fraction of sp³-hybridized carbons (Fsp3) is 0.455. The summed E-state index contributed by atoms with van der Waals surface area (Å²) in [5.41, 5.74) is 5.69. The van der Waals surface area contributed by atoms with Gasteiger partial charge >= 0.3 is 19.8 Å². The van der Waals surface area contributed by atoms with Crippen molar-refractivity contribution in [2.24, 2.45) is 0 Å². The van der Waals surface area contributed by atoms with Crippen molar-refractivity contribution in [3.8, 4) is 5.75 Å². The summed E-state index contributed by atoms with van der Waals surface area (Å²) in [6.45, 7) is 4.22. The van der Waals surface area contributed by atoms with Gasteiger partial charge in [-0.3, -0.25) is 13.9 Å². The maximum atomic E-state index is 13.8. The van der Waals surface area contributed by atoms with Gasteiger partial charge in [-0.15, -0.1) is 0 Å². The number of hydrogen-bond donors (Lipinski definition) is 4. The predicted molar refractivity (Wildman–Crippen MR) is 130 cm³/mol. The van der Waals surface area contributed by atoms with Crippen LogP contribution < -0.4 is 15.3 Å². The number of ether oxygens (including phenoxy) is 2. The molecule has 6 atom stereocenters. The summed E-state index contributed by atoms with van der Waals surface area (Å²) < 4.78 is 50.6. The highest BCUT2D eigenvalue weighted by molar-refractivity contribution is 7.52. The Kier molecular flexibility index (Phi) is 8.25. The van der Waals surface area contributed by atoms with Crippen LogP contribution in [0.5, 0.6) is 5.75 Å². The van der Waals surface area contributed by atoms with Crippen LogP contribution in [0.25, 0.3) is 11.2 Å². The third-order valence-corrected chi connectivity index (χ3v) is 7.11. The summed E-state index contributed by atoms with van der Waals surface area (Å²) in [4.78, 5) is 23.4. The number of nitrogens with one attached hydrogen (secondary N) is 1.